The van der Waals surface area contributed by atoms with E-state index in [1.807, 2.05) is 0 Å². The van der Waals surface area contributed by atoms with E-state index in [2.05, 4.69) is 4.74 Å². The molecule has 6 nitrogen and oxygen atoms in total. The summed E-state index contributed by atoms with van der Waals surface area (Å²) in [7, 11) is 2.26. The largest absolute Gasteiger partial charge is 0.496 e. The van der Waals surface area contributed by atoms with Crippen molar-refractivity contribution in [2.24, 2.45) is 11.8 Å². The Balaban J connectivity index is 1.70. The van der Waals surface area contributed by atoms with Crippen LogP contribution in [0, 0.1) is 18.8 Å². The zero-order valence-corrected chi connectivity index (χ0v) is 28.7. The van der Waals surface area contributed by atoms with Gasteiger partial charge in [0.2, 0.25) is 0 Å². The van der Waals surface area contributed by atoms with Gasteiger partial charge in [0, 0.05) is 18.4 Å². The molecule has 15 heteroatoms. The van der Waals surface area contributed by atoms with Crippen molar-refractivity contribution in [2.45, 2.75) is 77.0 Å². The summed E-state index contributed by atoms with van der Waals surface area (Å²) in [6.07, 6.45) is -15.2. The van der Waals surface area contributed by atoms with E-state index >= 15 is 0 Å². The molecule has 1 saturated heterocycles. The normalized spacial score (nSPS) is 18.6. The average molecular weight is 749 g/mol. The summed E-state index contributed by atoms with van der Waals surface area (Å²) in [6.45, 7) is 2.88. The zero-order valence-electron chi connectivity index (χ0n) is 28.7. The monoisotopic (exact) mass is 748 g/mol. The number of carbonyl (C=O) groups excluding carboxylic acids is 2. The molecule has 1 aliphatic heterocycles. The minimum absolute atomic E-state index is 0.0102. The van der Waals surface area contributed by atoms with E-state index in [9.17, 15) is 49.1 Å². The molecule has 0 N–H and O–H groups in total. The van der Waals surface area contributed by atoms with Crippen molar-refractivity contribution in [3.8, 4) is 22.6 Å². The van der Waals surface area contributed by atoms with Gasteiger partial charge in [-0.1, -0.05) is 24.6 Å². The maximum Gasteiger partial charge on any atom is 0.420 e. The van der Waals surface area contributed by atoms with Gasteiger partial charge in [-0.3, -0.25) is 9.59 Å². The second kappa shape index (κ2) is 16.1. The number of rotatable bonds is 10. The number of alkyl halides is 9. The number of hydrogen-bond acceptors (Lipinski definition) is 6. The Morgan fingerprint density at radius 2 is 1.52 bits per heavy atom. The van der Waals surface area contributed by atoms with Gasteiger partial charge in [-0.2, -0.15) is 39.5 Å². The molecule has 0 amide bonds. The molecule has 1 fully saturated rings. The molecule has 3 aromatic carbocycles. The molecule has 0 spiro atoms. The second-order valence-electron chi connectivity index (χ2n) is 12.8. The highest BCUT2D eigenvalue weighted by atomic mass is 19.4. The molecule has 0 radical (unpaired) electrons. The van der Waals surface area contributed by atoms with Gasteiger partial charge in [0.1, 0.15) is 23.2 Å². The number of ether oxygens (including phenoxy) is 4. The van der Waals surface area contributed by atoms with Crippen LogP contribution in [0.25, 0.3) is 11.1 Å². The first-order chi connectivity index (χ1) is 24.2. The van der Waals surface area contributed by atoms with Crippen molar-refractivity contribution >= 4 is 11.9 Å². The molecule has 0 bridgehead atoms. The molecule has 1 aliphatic rings. The Morgan fingerprint density at radius 3 is 2.13 bits per heavy atom. The highest BCUT2D eigenvalue weighted by Gasteiger charge is 2.38. The molecule has 0 saturated carbocycles. The molecule has 52 heavy (non-hydrogen) atoms. The summed E-state index contributed by atoms with van der Waals surface area (Å²) < 4.78 is 146. The van der Waals surface area contributed by atoms with Crippen molar-refractivity contribution in [2.75, 3.05) is 20.8 Å². The van der Waals surface area contributed by atoms with E-state index < -0.39 is 70.8 Å². The molecule has 1 heterocycles. The van der Waals surface area contributed by atoms with E-state index in [1.165, 1.54) is 13.0 Å². The molecule has 1 unspecified atom stereocenters. The van der Waals surface area contributed by atoms with Gasteiger partial charge in [0.15, 0.2) is 0 Å². The Kier molecular flexibility index (Phi) is 12.5. The fourth-order valence-electron chi connectivity index (χ4n) is 6.30. The molecule has 284 valence electrons. The summed E-state index contributed by atoms with van der Waals surface area (Å²) in [5.41, 5.74) is -2.50. The topological polar surface area (TPSA) is 71.1 Å². The highest BCUT2D eigenvalue weighted by molar-refractivity contribution is 5.77. The van der Waals surface area contributed by atoms with E-state index in [1.54, 1.807) is 6.92 Å². The number of carbonyl (C=O) groups is 2. The lowest BCUT2D eigenvalue weighted by atomic mass is 9.82. The van der Waals surface area contributed by atoms with Crippen LogP contribution in [-0.2, 0) is 44.0 Å². The van der Waals surface area contributed by atoms with Crippen LogP contribution < -0.4 is 9.47 Å². The summed E-state index contributed by atoms with van der Waals surface area (Å²) >= 11 is 0. The summed E-state index contributed by atoms with van der Waals surface area (Å²) in [5, 5.41) is 0. The van der Waals surface area contributed by atoms with E-state index in [0.717, 1.165) is 50.6 Å². The first-order valence-electron chi connectivity index (χ1n) is 16.3. The van der Waals surface area contributed by atoms with Crippen LogP contribution in [0.2, 0.25) is 0 Å². The molecule has 0 aromatic heterocycles. The fourth-order valence-corrected chi connectivity index (χ4v) is 6.30. The maximum absolute atomic E-state index is 14.1. The lowest BCUT2D eigenvalue weighted by molar-refractivity contribution is -0.155. The Hall–Kier alpha value is -4.43. The van der Waals surface area contributed by atoms with Crippen molar-refractivity contribution in [1.82, 2.24) is 0 Å². The molecular formula is C37H37F9O6. The fraction of sp³-hybridized carbons (Fsp3) is 0.459. The van der Waals surface area contributed by atoms with Gasteiger partial charge in [-0.15, -0.1) is 0 Å². The van der Waals surface area contributed by atoms with Gasteiger partial charge in [-0.25, -0.2) is 0 Å². The van der Waals surface area contributed by atoms with Gasteiger partial charge >= 0.3 is 30.5 Å². The third kappa shape index (κ3) is 10.1. The van der Waals surface area contributed by atoms with Gasteiger partial charge < -0.3 is 18.9 Å². The van der Waals surface area contributed by atoms with E-state index in [-0.39, 0.29) is 66.7 Å². The van der Waals surface area contributed by atoms with Crippen molar-refractivity contribution in [1.29, 1.82) is 0 Å². The first-order valence-corrected chi connectivity index (χ1v) is 16.3. The maximum atomic E-state index is 14.1. The number of benzene rings is 3. The van der Waals surface area contributed by atoms with Gasteiger partial charge in [0.25, 0.3) is 0 Å². The second-order valence-corrected chi connectivity index (χ2v) is 12.8. The van der Waals surface area contributed by atoms with Crippen LogP contribution in [-0.4, -0.2) is 32.8 Å². The van der Waals surface area contributed by atoms with Crippen LogP contribution in [0.4, 0.5) is 39.5 Å². The molecule has 0 aliphatic carbocycles. The smallest absolute Gasteiger partial charge is 0.420 e. The molecule has 3 atom stereocenters. The minimum Gasteiger partial charge on any atom is -0.496 e. The highest BCUT2D eigenvalue weighted by Crippen LogP contribution is 2.46. The summed E-state index contributed by atoms with van der Waals surface area (Å²) in [6, 6.07) is 7.87. The predicted octanol–water partition coefficient (Wildman–Crippen LogP) is 10.3. The predicted molar refractivity (Wildman–Crippen MR) is 170 cm³/mol. The van der Waals surface area contributed by atoms with E-state index in [0.29, 0.717) is 18.1 Å². The van der Waals surface area contributed by atoms with Crippen LogP contribution in [0.1, 0.15) is 78.5 Å². The number of methoxy groups -OCH3 is 2. The van der Waals surface area contributed by atoms with Crippen molar-refractivity contribution in [3.05, 3.63) is 81.9 Å². The van der Waals surface area contributed by atoms with Crippen molar-refractivity contribution < 1.29 is 68.1 Å². The molecular weight excluding hydrogens is 711 g/mol. The number of hydrogen-bond donors (Lipinski definition) is 0. The molecule has 3 aromatic rings. The Labute approximate surface area is 294 Å². The Bertz CT molecular complexity index is 1750. The molecule has 4 rings (SSSR count). The Morgan fingerprint density at radius 1 is 0.827 bits per heavy atom. The van der Waals surface area contributed by atoms with Crippen molar-refractivity contribution in [3.63, 3.8) is 0 Å². The summed E-state index contributed by atoms with van der Waals surface area (Å²) in [5.74, 6) is -3.38. The third-order valence-corrected chi connectivity index (χ3v) is 8.87. The van der Waals surface area contributed by atoms with Crippen LogP contribution >= 0.6 is 0 Å². The van der Waals surface area contributed by atoms with Crippen LogP contribution in [0.3, 0.4) is 0 Å². The number of cyclic esters (lactones) is 1. The van der Waals surface area contributed by atoms with Crippen LogP contribution in [0.15, 0.2) is 48.5 Å². The van der Waals surface area contributed by atoms with Crippen LogP contribution in [0.5, 0.6) is 11.5 Å². The standard InChI is InChI=1S/C37H37F9O6/c1-20-12-24(17-26(13-20)36(41,42)43)34-21(2)7-8-22(15-33(48)52-34)14-23-16-25(35(38,39)40)9-10-27(23)28-18-31(51-11-5-6-32(47)50-4)29(37(44,45)46)19-30(28)49-3/h9-10,12-13,16-19,21-22,34H,5-8,11,14-15H2,1-4H3/t21-,22?,34+/m1/s1. The minimum atomic E-state index is -4.91. The average Bonchev–Trinajstić information content (AvgIpc) is 3.05. The number of esters is 2. The lowest BCUT2D eigenvalue weighted by Crippen LogP contribution is -2.25. The number of halogens is 9. The van der Waals surface area contributed by atoms with E-state index in [4.69, 9.17) is 14.2 Å². The third-order valence-electron chi connectivity index (χ3n) is 8.87. The first kappa shape index (κ1) is 40.3. The quantitative estimate of drug-likeness (QED) is 0.117. The zero-order chi connectivity index (χ0) is 38.6. The SMILES string of the molecule is COC(=O)CCCOc1cc(-c2ccc(C(F)(F)F)cc2CC2CC[C@@H](C)[C@@H](c3cc(C)cc(C(F)(F)F)c3)OC(=O)C2)c(OC)cc1C(F)(F)F. The van der Waals surface area contributed by atoms with Gasteiger partial charge in [-0.05, 0) is 97.5 Å². The summed E-state index contributed by atoms with van der Waals surface area (Å²) in [4.78, 5) is 24.6. The van der Waals surface area contributed by atoms with Gasteiger partial charge in [0.05, 0.1) is 32.0 Å². The number of aryl methyl sites for hydroxylation is 1. The lowest BCUT2D eigenvalue weighted by Gasteiger charge is -2.31.